The van der Waals surface area contributed by atoms with E-state index in [0.29, 0.717) is 0 Å². The number of benzene rings is 1. The van der Waals surface area contributed by atoms with Crippen LogP contribution in [0, 0.1) is 5.82 Å². The van der Waals surface area contributed by atoms with Crippen molar-refractivity contribution in [2.24, 2.45) is 0 Å². The van der Waals surface area contributed by atoms with E-state index in [1.54, 1.807) is 0 Å². The first kappa shape index (κ1) is 9.80. The summed E-state index contributed by atoms with van der Waals surface area (Å²) in [5.41, 5.74) is 5.13. The van der Waals surface area contributed by atoms with Crippen molar-refractivity contribution in [3.05, 3.63) is 23.5 Å². The van der Waals surface area contributed by atoms with Crippen LogP contribution in [-0.2, 0) is 0 Å². The minimum atomic E-state index is -0.986. The second kappa shape index (κ2) is 3.62. The van der Waals surface area contributed by atoms with E-state index in [1.165, 1.54) is 0 Å². The van der Waals surface area contributed by atoms with E-state index < -0.39 is 17.3 Å². The highest BCUT2D eigenvalue weighted by molar-refractivity contribution is 6.30. The molecule has 0 aliphatic rings. The zero-order valence-electron chi connectivity index (χ0n) is 6.55. The molecule has 0 bridgehead atoms. The fourth-order valence-corrected chi connectivity index (χ4v) is 1.05. The lowest BCUT2D eigenvalue weighted by molar-refractivity contribution is 0.101. The van der Waals surface area contributed by atoms with E-state index in [-0.39, 0.29) is 17.1 Å². The van der Waals surface area contributed by atoms with Crippen molar-refractivity contribution in [2.75, 3.05) is 11.6 Å². The average molecular weight is 204 g/mol. The zero-order chi connectivity index (χ0) is 10.0. The Hall–Kier alpha value is -1.29. The Kier molecular flexibility index (Phi) is 2.72. The smallest absolute Gasteiger partial charge is 0.180 e. The molecule has 1 aromatic rings. The number of nitrogens with two attached hydrogens (primary N) is 1. The molecule has 13 heavy (non-hydrogen) atoms. The number of hydrogen-bond acceptors (Lipinski definition) is 3. The minimum absolute atomic E-state index is 0.118. The molecule has 0 radical (unpaired) electrons. The van der Waals surface area contributed by atoms with E-state index in [0.717, 1.165) is 12.1 Å². The maximum atomic E-state index is 13.0. The molecule has 0 atom stereocenters. The van der Waals surface area contributed by atoms with Crippen molar-refractivity contribution in [2.45, 2.75) is 0 Å². The van der Waals surface area contributed by atoms with Gasteiger partial charge in [0.2, 0.25) is 0 Å². The molecule has 3 N–H and O–H groups in total. The van der Waals surface area contributed by atoms with Gasteiger partial charge >= 0.3 is 0 Å². The number of phenolic OH excluding ortho intramolecular Hbond substituents is 1. The van der Waals surface area contributed by atoms with Crippen LogP contribution in [0.5, 0.6) is 5.75 Å². The second-order valence-electron chi connectivity index (χ2n) is 2.46. The number of hydrogen-bond donors (Lipinski definition) is 2. The van der Waals surface area contributed by atoms with E-state index >= 15 is 0 Å². The molecule has 0 unspecified atom stereocenters. The molecule has 1 aromatic carbocycles. The number of rotatable bonds is 2. The summed E-state index contributed by atoms with van der Waals surface area (Å²) in [6.07, 6.45) is 0. The number of alkyl halides is 1. The van der Waals surface area contributed by atoms with Crippen LogP contribution in [0.15, 0.2) is 12.1 Å². The number of carbonyl (C=O) groups is 1. The Labute approximate surface area is 78.9 Å². The molecule has 0 spiro atoms. The summed E-state index contributed by atoms with van der Waals surface area (Å²) in [6.45, 7) is 0. The molecule has 0 aliphatic heterocycles. The first-order valence-corrected chi connectivity index (χ1v) is 3.97. The number of phenols is 1. The van der Waals surface area contributed by atoms with E-state index in [1.807, 2.05) is 0 Å². The first-order valence-electron chi connectivity index (χ1n) is 3.43. The Morgan fingerprint density at radius 1 is 1.62 bits per heavy atom. The molecule has 1 rings (SSSR count). The standard InChI is InChI=1S/C8H7ClFNO2/c9-3-7(13)5-1-4(11)2-6(12)8(5)10/h1-2,12H,3,11H2. The summed E-state index contributed by atoms with van der Waals surface area (Å²) in [5, 5.41) is 8.98. The second-order valence-corrected chi connectivity index (χ2v) is 2.73. The van der Waals surface area contributed by atoms with Crippen molar-refractivity contribution in [3.8, 4) is 5.75 Å². The van der Waals surface area contributed by atoms with Gasteiger partial charge in [-0.15, -0.1) is 11.6 Å². The molecule has 3 nitrogen and oxygen atoms in total. The highest BCUT2D eigenvalue weighted by Gasteiger charge is 2.14. The summed E-state index contributed by atoms with van der Waals surface area (Å²) < 4.78 is 13.0. The summed E-state index contributed by atoms with van der Waals surface area (Å²) in [4.78, 5) is 11.0. The summed E-state index contributed by atoms with van der Waals surface area (Å²) >= 11 is 5.22. The number of ketones is 1. The Bertz CT molecular complexity index is 354. The normalized spacial score (nSPS) is 10.0. The zero-order valence-corrected chi connectivity index (χ0v) is 7.31. The molecule has 0 aromatic heterocycles. The third-order valence-electron chi connectivity index (χ3n) is 1.50. The molecule has 5 heteroatoms. The Balaban J connectivity index is 3.28. The van der Waals surface area contributed by atoms with Gasteiger partial charge in [0.1, 0.15) is 0 Å². The average Bonchev–Trinajstić information content (AvgIpc) is 2.10. The highest BCUT2D eigenvalue weighted by Crippen LogP contribution is 2.23. The third-order valence-corrected chi connectivity index (χ3v) is 1.74. The SMILES string of the molecule is Nc1cc(O)c(F)c(C(=O)CCl)c1. The number of halogens is 2. The topological polar surface area (TPSA) is 63.3 Å². The molecule has 0 fully saturated rings. The third kappa shape index (κ3) is 1.89. The molecule has 70 valence electrons. The summed E-state index contributed by atoms with van der Waals surface area (Å²) in [7, 11) is 0. The van der Waals surface area contributed by atoms with Gasteiger partial charge in [-0.1, -0.05) is 0 Å². The molecule has 0 amide bonds. The van der Waals surface area contributed by atoms with Crippen molar-refractivity contribution in [1.82, 2.24) is 0 Å². The lowest BCUT2D eigenvalue weighted by Crippen LogP contribution is -2.04. The van der Waals surface area contributed by atoms with Crippen LogP contribution < -0.4 is 5.73 Å². The van der Waals surface area contributed by atoms with Gasteiger partial charge in [-0.25, -0.2) is 4.39 Å². The van der Waals surface area contributed by atoms with Crippen LogP contribution in [0.2, 0.25) is 0 Å². The largest absolute Gasteiger partial charge is 0.505 e. The fourth-order valence-electron chi connectivity index (χ4n) is 0.906. The van der Waals surface area contributed by atoms with Gasteiger partial charge in [-0.2, -0.15) is 0 Å². The molecular formula is C8H7ClFNO2. The summed E-state index contributed by atoms with van der Waals surface area (Å²) in [5.74, 6) is -2.59. The fraction of sp³-hybridized carbons (Fsp3) is 0.125. The van der Waals surface area contributed by atoms with Crippen LogP contribution in [-0.4, -0.2) is 16.8 Å². The molecule has 0 aliphatic carbocycles. The van der Waals surface area contributed by atoms with Crippen LogP contribution in [0.1, 0.15) is 10.4 Å². The molecule has 0 heterocycles. The van der Waals surface area contributed by atoms with E-state index in [9.17, 15) is 9.18 Å². The number of Topliss-reactive ketones (excluding diaryl/α,β-unsaturated/α-hetero) is 1. The van der Waals surface area contributed by atoms with Crippen LogP contribution in [0.4, 0.5) is 10.1 Å². The number of carbonyl (C=O) groups excluding carboxylic acids is 1. The van der Waals surface area contributed by atoms with Gasteiger partial charge in [0.25, 0.3) is 0 Å². The van der Waals surface area contributed by atoms with Crippen molar-refractivity contribution in [3.63, 3.8) is 0 Å². The summed E-state index contributed by atoms with van der Waals surface area (Å²) in [6, 6.07) is 2.17. The van der Waals surface area contributed by atoms with E-state index in [2.05, 4.69) is 0 Å². The monoisotopic (exact) mass is 203 g/mol. The number of nitrogen functional groups attached to an aromatic ring is 1. The molecule has 0 saturated heterocycles. The lowest BCUT2D eigenvalue weighted by Gasteiger charge is -2.03. The van der Waals surface area contributed by atoms with Crippen molar-refractivity contribution < 1.29 is 14.3 Å². The van der Waals surface area contributed by atoms with Crippen LogP contribution in [0.25, 0.3) is 0 Å². The first-order chi connectivity index (χ1) is 6.06. The maximum absolute atomic E-state index is 13.0. The lowest BCUT2D eigenvalue weighted by atomic mass is 10.1. The predicted molar refractivity (Wildman–Crippen MR) is 47.5 cm³/mol. The number of aromatic hydroxyl groups is 1. The van der Waals surface area contributed by atoms with E-state index in [4.69, 9.17) is 22.4 Å². The Morgan fingerprint density at radius 3 is 2.77 bits per heavy atom. The van der Waals surface area contributed by atoms with Gasteiger partial charge in [-0.3, -0.25) is 4.79 Å². The Morgan fingerprint density at radius 2 is 2.23 bits per heavy atom. The quantitative estimate of drug-likeness (QED) is 0.435. The van der Waals surface area contributed by atoms with Gasteiger partial charge in [0.15, 0.2) is 17.3 Å². The minimum Gasteiger partial charge on any atom is -0.505 e. The molecule has 0 saturated carbocycles. The van der Waals surface area contributed by atoms with Crippen LogP contribution >= 0.6 is 11.6 Å². The van der Waals surface area contributed by atoms with Gasteiger partial charge < -0.3 is 10.8 Å². The number of anilines is 1. The van der Waals surface area contributed by atoms with Crippen LogP contribution in [0.3, 0.4) is 0 Å². The molecular weight excluding hydrogens is 197 g/mol. The maximum Gasteiger partial charge on any atom is 0.180 e. The van der Waals surface area contributed by atoms with Gasteiger partial charge in [-0.05, 0) is 6.07 Å². The van der Waals surface area contributed by atoms with Gasteiger partial charge in [0, 0.05) is 11.8 Å². The van der Waals surface area contributed by atoms with Crippen molar-refractivity contribution >= 4 is 23.1 Å². The van der Waals surface area contributed by atoms with Gasteiger partial charge in [0.05, 0.1) is 11.4 Å². The highest BCUT2D eigenvalue weighted by atomic mass is 35.5. The van der Waals surface area contributed by atoms with Crippen molar-refractivity contribution in [1.29, 1.82) is 0 Å². The predicted octanol–water partition coefficient (Wildman–Crippen LogP) is 1.53.